The van der Waals surface area contributed by atoms with Crippen LogP contribution in [-0.4, -0.2) is 37.1 Å². The summed E-state index contributed by atoms with van der Waals surface area (Å²) in [6.45, 7) is 9.66. The number of hydrogen-bond acceptors (Lipinski definition) is 2. The molecule has 0 amide bonds. The van der Waals surface area contributed by atoms with E-state index in [9.17, 15) is 0 Å². The highest BCUT2D eigenvalue weighted by Gasteiger charge is 2.27. The lowest BCUT2D eigenvalue weighted by atomic mass is 9.85. The van der Waals surface area contributed by atoms with E-state index >= 15 is 0 Å². The first kappa shape index (κ1) is 14.3. The molecule has 0 saturated heterocycles. The van der Waals surface area contributed by atoms with Gasteiger partial charge in [-0.05, 0) is 63.6 Å². The first-order chi connectivity index (χ1) is 8.83. The lowest BCUT2D eigenvalue weighted by Crippen LogP contribution is -2.37. The fourth-order valence-corrected chi connectivity index (χ4v) is 3.68. The van der Waals surface area contributed by atoms with E-state index < -0.39 is 0 Å². The molecule has 2 aliphatic carbocycles. The van der Waals surface area contributed by atoms with Crippen LogP contribution in [0.2, 0.25) is 0 Å². The van der Waals surface area contributed by atoms with Gasteiger partial charge in [0.05, 0.1) is 0 Å². The highest BCUT2D eigenvalue weighted by atomic mass is 15.1. The van der Waals surface area contributed by atoms with Crippen LogP contribution in [0.15, 0.2) is 0 Å². The fourth-order valence-electron chi connectivity index (χ4n) is 3.68. The van der Waals surface area contributed by atoms with Gasteiger partial charge in [-0.2, -0.15) is 0 Å². The molecule has 1 N–H and O–H groups in total. The van der Waals surface area contributed by atoms with Gasteiger partial charge in [-0.25, -0.2) is 0 Å². The van der Waals surface area contributed by atoms with Crippen LogP contribution in [0.3, 0.4) is 0 Å². The topological polar surface area (TPSA) is 15.3 Å². The Morgan fingerprint density at radius 3 is 2.44 bits per heavy atom. The molecule has 2 saturated carbocycles. The average molecular weight is 252 g/mol. The van der Waals surface area contributed by atoms with E-state index in [1.54, 1.807) is 0 Å². The molecular formula is C16H32N2. The van der Waals surface area contributed by atoms with Crippen molar-refractivity contribution in [1.29, 1.82) is 0 Å². The Labute approximate surface area is 114 Å². The highest BCUT2D eigenvalue weighted by Crippen LogP contribution is 2.30. The van der Waals surface area contributed by atoms with Crippen molar-refractivity contribution in [2.75, 3.05) is 26.2 Å². The summed E-state index contributed by atoms with van der Waals surface area (Å²) in [4.78, 5) is 2.70. The van der Waals surface area contributed by atoms with Gasteiger partial charge >= 0.3 is 0 Å². The second kappa shape index (κ2) is 7.49. The molecule has 2 fully saturated rings. The summed E-state index contributed by atoms with van der Waals surface area (Å²) in [5.74, 6) is 1.97. The second-order valence-electron chi connectivity index (χ2n) is 6.33. The minimum absolute atomic E-state index is 0.817. The smallest absolute Gasteiger partial charge is 0.00956 e. The molecule has 2 unspecified atom stereocenters. The third-order valence-corrected chi connectivity index (χ3v) is 5.13. The minimum atomic E-state index is 0.817. The number of nitrogens with one attached hydrogen (secondary N) is 1. The predicted octanol–water partition coefficient (Wildman–Crippen LogP) is 3.28. The molecule has 2 atom stereocenters. The summed E-state index contributed by atoms with van der Waals surface area (Å²) in [6, 6.07) is 0.817. The Kier molecular flexibility index (Phi) is 5.97. The van der Waals surface area contributed by atoms with Crippen molar-refractivity contribution in [2.24, 2.45) is 11.8 Å². The first-order valence-corrected chi connectivity index (χ1v) is 8.29. The van der Waals surface area contributed by atoms with Crippen molar-refractivity contribution in [2.45, 2.75) is 64.8 Å². The summed E-state index contributed by atoms with van der Waals surface area (Å²) in [5.41, 5.74) is 0. The zero-order valence-corrected chi connectivity index (χ0v) is 12.5. The molecule has 0 radical (unpaired) electrons. The Hall–Kier alpha value is -0.0800. The van der Waals surface area contributed by atoms with Crippen molar-refractivity contribution in [3.05, 3.63) is 0 Å². The maximum absolute atomic E-state index is 3.68. The SMILES string of the molecule is CCNC1CCCC1CCN(CC)CC1CCC1. The van der Waals surface area contributed by atoms with E-state index in [0.29, 0.717) is 0 Å². The van der Waals surface area contributed by atoms with Crippen LogP contribution in [0.4, 0.5) is 0 Å². The molecule has 0 aromatic carbocycles. The molecule has 0 aromatic rings. The summed E-state index contributed by atoms with van der Waals surface area (Å²) in [7, 11) is 0. The second-order valence-corrected chi connectivity index (χ2v) is 6.33. The monoisotopic (exact) mass is 252 g/mol. The molecule has 0 aliphatic heterocycles. The lowest BCUT2D eigenvalue weighted by Gasteiger charge is -2.32. The minimum Gasteiger partial charge on any atom is -0.314 e. The van der Waals surface area contributed by atoms with Crippen LogP contribution in [0, 0.1) is 11.8 Å². The zero-order valence-electron chi connectivity index (χ0n) is 12.5. The molecule has 0 spiro atoms. The van der Waals surface area contributed by atoms with Gasteiger partial charge in [-0.1, -0.05) is 26.7 Å². The van der Waals surface area contributed by atoms with Gasteiger partial charge in [-0.3, -0.25) is 0 Å². The van der Waals surface area contributed by atoms with Gasteiger partial charge < -0.3 is 10.2 Å². The van der Waals surface area contributed by atoms with Gasteiger partial charge in [0, 0.05) is 12.6 Å². The van der Waals surface area contributed by atoms with Gasteiger partial charge in [0.1, 0.15) is 0 Å². The maximum Gasteiger partial charge on any atom is 0.00956 e. The van der Waals surface area contributed by atoms with Crippen molar-refractivity contribution in [1.82, 2.24) is 10.2 Å². The summed E-state index contributed by atoms with van der Waals surface area (Å²) in [5, 5.41) is 3.68. The van der Waals surface area contributed by atoms with Crippen LogP contribution in [-0.2, 0) is 0 Å². The number of hydrogen-bond donors (Lipinski definition) is 1. The Morgan fingerprint density at radius 2 is 1.83 bits per heavy atom. The standard InChI is InChI=1S/C16H32N2/c1-3-17-16-10-6-9-15(16)11-12-18(4-2)13-14-7-5-8-14/h14-17H,3-13H2,1-2H3. The zero-order chi connectivity index (χ0) is 12.8. The summed E-state index contributed by atoms with van der Waals surface area (Å²) < 4.78 is 0. The van der Waals surface area contributed by atoms with Crippen molar-refractivity contribution in [3.8, 4) is 0 Å². The van der Waals surface area contributed by atoms with Crippen molar-refractivity contribution in [3.63, 3.8) is 0 Å². The quantitative estimate of drug-likeness (QED) is 0.713. The third-order valence-electron chi connectivity index (χ3n) is 5.13. The first-order valence-electron chi connectivity index (χ1n) is 8.29. The summed E-state index contributed by atoms with van der Waals surface area (Å²) in [6.07, 6.45) is 10.2. The van der Waals surface area contributed by atoms with E-state index in [4.69, 9.17) is 0 Å². The van der Waals surface area contributed by atoms with E-state index in [0.717, 1.165) is 24.4 Å². The fraction of sp³-hybridized carbons (Fsp3) is 1.00. The molecule has 2 nitrogen and oxygen atoms in total. The molecular weight excluding hydrogens is 220 g/mol. The molecule has 106 valence electrons. The van der Waals surface area contributed by atoms with Gasteiger partial charge in [0.25, 0.3) is 0 Å². The van der Waals surface area contributed by atoms with E-state index in [1.165, 1.54) is 64.6 Å². The average Bonchev–Trinajstić information content (AvgIpc) is 2.75. The van der Waals surface area contributed by atoms with Crippen LogP contribution in [0.5, 0.6) is 0 Å². The van der Waals surface area contributed by atoms with Crippen LogP contribution in [0.25, 0.3) is 0 Å². The molecule has 2 rings (SSSR count). The van der Waals surface area contributed by atoms with Crippen LogP contribution < -0.4 is 5.32 Å². The normalized spacial score (nSPS) is 28.8. The van der Waals surface area contributed by atoms with Crippen molar-refractivity contribution >= 4 is 0 Å². The van der Waals surface area contributed by atoms with E-state index in [1.807, 2.05) is 0 Å². The predicted molar refractivity (Wildman–Crippen MR) is 78.9 cm³/mol. The number of rotatable bonds is 8. The highest BCUT2D eigenvalue weighted by molar-refractivity contribution is 4.84. The van der Waals surface area contributed by atoms with E-state index in [2.05, 4.69) is 24.1 Å². The molecule has 0 aromatic heterocycles. The van der Waals surface area contributed by atoms with Crippen molar-refractivity contribution < 1.29 is 0 Å². The van der Waals surface area contributed by atoms with Crippen LogP contribution in [0.1, 0.15) is 58.8 Å². The lowest BCUT2D eigenvalue weighted by molar-refractivity contribution is 0.172. The van der Waals surface area contributed by atoms with Crippen LogP contribution >= 0.6 is 0 Å². The molecule has 0 bridgehead atoms. The largest absolute Gasteiger partial charge is 0.314 e. The van der Waals surface area contributed by atoms with Gasteiger partial charge in [0.15, 0.2) is 0 Å². The van der Waals surface area contributed by atoms with Gasteiger partial charge in [-0.15, -0.1) is 0 Å². The Bertz CT molecular complexity index is 225. The molecule has 2 aliphatic rings. The molecule has 2 heteroatoms. The Morgan fingerprint density at radius 1 is 1.06 bits per heavy atom. The number of nitrogens with zero attached hydrogens (tertiary/aromatic N) is 1. The van der Waals surface area contributed by atoms with E-state index in [-0.39, 0.29) is 0 Å². The third kappa shape index (κ3) is 3.96. The maximum atomic E-state index is 3.68. The molecule has 0 heterocycles. The van der Waals surface area contributed by atoms with Gasteiger partial charge in [0.2, 0.25) is 0 Å². The summed E-state index contributed by atoms with van der Waals surface area (Å²) >= 11 is 0. The molecule has 18 heavy (non-hydrogen) atoms. The Balaban J connectivity index is 1.67.